The van der Waals surface area contributed by atoms with Crippen LogP contribution in [0.25, 0.3) is 0 Å². The Morgan fingerprint density at radius 1 is 0.846 bits per heavy atom. The zero-order chi connectivity index (χ0) is 56.8. The molecule has 4 bridgehead atoms. The minimum atomic E-state index is -4.26. The van der Waals surface area contributed by atoms with E-state index in [0.29, 0.717) is 54.5 Å². The van der Waals surface area contributed by atoms with Crippen molar-refractivity contribution in [3.63, 3.8) is 0 Å². The number of hydrogen-bond acceptors (Lipinski definition) is 15. The first-order valence-corrected chi connectivity index (χ1v) is 30.8. The van der Waals surface area contributed by atoms with E-state index in [9.17, 15) is 31.2 Å². The molecule has 3 aliphatic heterocycles. The molecule has 2 fully saturated rings. The quantitative estimate of drug-likeness (QED) is 0.0949. The number of aromatic nitrogens is 4. The molecule has 0 spiro atoms. The summed E-state index contributed by atoms with van der Waals surface area (Å²) < 4.78 is 62.4. The van der Waals surface area contributed by atoms with Crippen molar-refractivity contribution in [1.82, 2.24) is 34.3 Å². The van der Waals surface area contributed by atoms with Crippen molar-refractivity contribution in [3.8, 4) is 0 Å². The number of carbonyl (C=O) groups excluding carboxylic acids is 3. The molecule has 7 heterocycles. The van der Waals surface area contributed by atoms with E-state index < -0.39 is 37.5 Å². The Morgan fingerprint density at radius 3 is 2.21 bits per heavy atom. The molecule has 3 amide bonds. The van der Waals surface area contributed by atoms with Gasteiger partial charge in [-0.25, -0.2) is 34.2 Å². The van der Waals surface area contributed by atoms with Crippen LogP contribution >= 0.6 is 11.6 Å². The first kappa shape index (κ1) is 58.5. The zero-order valence-electron chi connectivity index (χ0n) is 47.2. The van der Waals surface area contributed by atoms with E-state index in [0.717, 1.165) is 106 Å². The number of likely N-dealkylation sites (tertiary alicyclic amines) is 1. The summed E-state index contributed by atoms with van der Waals surface area (Å²) in [6, 6.07) is 12.9. The molecular weight excluding hydrogens is 1050 g/mol. The molecule has 2 atom stereocenters. The minimum Gasteiger partial charge on any atom is -0.444 e. The lowest BCUT2D eigenvalue weighted by molar-refractivity contribution is 0.0130. The number of nitrogens with zero attached hydrogens (tertiary/aromatic N) is 6. The normalized spacial score (nSPS) is 21.8. The second-order valence-electron chi connectivity index (χ2n) is 25.4. The molecule has 2 aliphatic carbocycles. The first-order chi connectivity index (χ1) is 36.3. The van der Waals surface area contributed by atoms with E-state index in [1.165, 1.54) is 12.1 Å². The third-order valence-corrected chi connectivity index (χ3v) is 18.6. The Labute approximate surface area is 466 Å². The van der Waals surface area contributed by atoms with Crippen LogP contribution in [0.5, 0.6) is 0 Å². The van der Waals surface area contributed by atoms with Gasteiger partial charge in [-0.05, 0) is 185 Å². The van der Waals surface area contributed by atoms with Gasteiger partial charge in [0.15, 0.2) is 10.1 Å². The van der Waals surface area contributed by atoms with Crippen molar-refractivity contribution in [1.29, 1.82) is 0 Å². The number of hydrogen-bond donors (Lipinski definition) is 4. The first-order valence-electron chi connectivity index (χ1n) is 27.4. The lowest BCUT2D eigenvalue weighted by atomic mass is 9.75. The maximum absolute atomic E-state index is 13.6. The van der Waals surface area contributed by atoms with Gasteiger partial charge in [0.05, 0.1) is 22.5 Å². The van der Waals surface area contributed by atoms with Gasteiger partial charge in [0.25, 0.3) is 31.9 Å². The lowest BCUT2D eigenvalue weighted by Crippen LogP contribution is -2.45. The second-order valence-corrected chi connectivity index (χ2v) is 29.0. The number of halogens is 1. The van der Waals surface area contributed by atoms with Crippen LogP contribution in [0.3, 0.4) is 0 Å². The summed E-state index contributed by atoms with van der Waals surface area (Å²) in [4.78, 5) is 61.4. The van der Waals surface area contributed by atoms with E-state index in [1.54, 1.807) is 30.3 Å². The second kappa shape index (κ2) is 22.1. The number of amides is 3. The molecule has 4 aromatic rings. The van der Waals surface area contributed by atoms with Crippen molar-refractivity contribution in [3.05, 3.63) is 87.3 Å². The van der Waals surface area contributed by atoms with Gasteiger partial charge < -0.3 is 25.2 Å². The van der Waals surface area contributed by atoms with Crippen molar-refractivity contribution >= 4 is 67.0 Å². The predicted molar refractivity (Wildman–Crippen MR) is 303 cm³/mol. The van der Waals surface area contributed by atoms with E-state index in [1.807, 2.05) is 31.7 Å². The van der Waals surface area contributed by atoms with E-state index in [-0.39, 0.29) is 48.8 Å². The number of carbonyl (C=O) groups is 3. The fraction of sp³-hybridized carbons (Fsp3) is 0.596. The van der Waals surface area contributed by atoms with Gasteiger partial charge in [-0.15, -0.1) is 0 Å². The lowest BCUT2D eigenvalue weighted by Gasteiger charge is -2.37. The van der Waals surface area contributed by atoms with Crippen LogP contribution in [0.2, 0.25) is 5.15 Å². The number of fused-ring (bicyclic) bond motifs is 8. The van der Waals surface area contributed by atoms with Crippen molar-refractivity contribution < 1.29 is 36.0 Å². The molecule has 424 valence electrons. The SMILES string of the molecule is CC(C)(C)OC(=O)N1C[C@@H](CCCNc2cccc(S(=O)(=O)NC(=O)c3cc4c(nc3Cl)C(C)(C)CCC4)n2)CC1(C)C.CC1(C)CCCc2cc3c(nc21)N1C[C@@H](CCCNc2cccc(n2)S(=O)(=O)NC3=O)CC1(C)C. The molecule has 0 aromatic carbocycles. The molecule has 0 saturated carbocycles. The van der Waals surface area contributed by atoms with Gasteiger partial charge in [0.2, 0.25) is 0 Å². The highest BCUT2D eigenvalue weighted by molar-refractivity contribution is 7.90. The van der Waals surface area contributed by atoms with Crippen LogP contribution < -0.4 is 25.0 Å². The maximum atomic E-state index is 13.6. The number of sulfonamides is 2. The zero-order valence-corrected chi connectivity index (χ0v) is 49.6. The van der Waals surface area contributed by atoms with Crippen LogP contribution in [0.1, 0.15) is 184 Å². The predicted octanol–water partition coefficient (Wildman–Crippen LogP) is 10.1. The third-order valence-electron chi connectivity index (χ3n) is 15.8. The average molecular weight is 1130 g/mol. The number of anilines is 3. The Hall–Kier alpha value is -5.60. The van der Waals surface area contributed by atoms with Crippen molar-refractivity contribution in [2.75, 3.05) is 41.7 Å². The number of ether oxygens (including phenoxy) is 1. The van der Waals surface area contributed by atoms with Gasteiger partial charge in [0.1, 0.15) is 28.2 Å². The molecular formula is C57H79ClN10O8S2. The minimum absolute atomic E-state index is 0.0235. The van der Waals surface area contributed by atoms with Gasteiger partial charge in [-0.1, -0.05) is 51.4 Å². The van der Waals surface area contributed by atoms with Crippen molar-refractivity contribution in [2.24, 2.45) is 11.8 Å². The summed E-state index contributed by atoms with van der Waals surface area (Å²) in [5, 5.41) is 5.93. The van der Waals surface area contributed by atoms with Crippen LogP contribution in [0.15, 0.2) is 58.6 Å². The van der Waals surface area contributed by atoms with Crippen LogP contribution in [0.4, 0.5) is 22.2 Å². The molecule has 0 unspecified atom stereocenters. The van der Waals surface area contributed by atoms with Crippen LogP contribution in [-0.2, 0) is 48.5 Å². The standard InChI is InChI=1S/C31H44ClN5O5S.C26H35N5O3S/c1-29(2,3)42-28(39)37-19-20(18-31(37,6)7)11-10-16-33-23-13-8-14-24(34-23)43(40,41)36-27(38)22-17-21-12-9-15-30(4,5)25(21)35-26(22)32;1-25(2)12-6-9-18-14-19-23(29-22(18)25)31-16-17(15-26(31,3)4)8-7-13-27-20-10-5-11-21(28-20)35(33,34)30-24(19)32/h8,13-14,17,20H,9-12,15-16,18-19H2,1-7H3,(H,33,34)(H,36,38);5,10-11,14,17H,6-9,12-13,15-16H2,1-4H3,(H,27,28)(H,30,32)/t20-;17-/m00/s1. The van der Waals surface area contributed by atoms with Crippen molar-refractivity contribution in [2.45, 2.75) is 191 Å². The molecule has 2 saturated heterocycles. The average Bonchev–Trinajstić information content (AvgIpc) is 4.03. The van der Waals surface area contributed by atoms with Gasteiger partial charge >= 0.3 is 6.09 Å². The molecule has 21 heteroatoms. The van der Waals surface area contributed by atoms with Gasteiger partial charge in [-0.2, -0.15) is 16.8 Å². The Morgan fingerprint density at radius 2 is 1.51 bits per heavy atom. The van der Waals surface area contributed by atoms with Gasteiger partial charge in [-0.3, -0.25) is 9.59 Å². The van der Waals surface area contributed by atoms with E-state index in [4.69, 9.17) is 21.3 Å². The Balaban J connectivity index is 0.000000210. The summed E-state index contributed by atoms with van der Waals surface area (Å²) in [7, 11) is -8.42. The number of rotatable bonds is 8. The Kier molecular flexibility index (Phi) is 16.6. The summed E-state index contributed by atoms with van der Waals surface area (Å²) >= 11 is 6.35. The molecule has 4 aromatic heterocycles. The fourth-order valence-corrected chi connectivity index (χ4v) is 14.1. The maximum Gasteiger partial charge on any atom is 0.410 e. The number of pyridine rings is 4. The van der Waals surface area contributed by atoms with E-state index >= 15 is 0 Å². The topological polar surface area (TPSA) is 235 Å². The summed E-state index contributed by atoms with van der Waals surface area (Å²) in [5.41, 5.74) is 2.87. The highest BCUT2D eigenvalue weighted by atomic mass is 35.5. The monoisotopic (exact) mass is 1130 g/mol. The highest BCUT2D eigenvalue weighted by Crippen LogP contribution is 2.44. The largest absolute Gasteiger partial charge is 0.444 e. The fourth-order valence-electron chi connectivity index (χ4n) is 12.0. The third kappa shape index (κ3) is 13.3. The number of aryl methyl sites for hydroxylation is 2. The molecule has 9 rings (SSSR count). The summed E-state index contributed by atoms with van der Waals surface area (Å²) in [6.45, 7) is 25.3. The molecule has 18 nitrogen and oxygen atoms in total. The molecule has 0 radical (unpaired) electrons. The highest BCUT2D eigenvalue weighted by Gasteiger charge is 2.44. The smallest absolute Gasteiger partial charge is 0.410 e. The molecule has 78 heavy (non-hydrogen) atoms. The van der Waals surface area contributed by atoms with Gasteiger partial charge in [0, 0.05) is 48.1 Å². The molecule has 5 aliphatic rings. The van der Waals surface area contributed by atoms with Crippen LogP contribution in [-0.4, -0.2) is 102 Å². The number of nitrogens with one attached hydrogen (secondary N) is 4. The molecule has 4 N–H and O–H groups in total. The Bertz CT molecular complexity index is 3180. The van der Waals surface area contributed by atoms with E-state index in [2.05, 4.69) is 95.3 Å². The van der Waals surface area contributed by atoms with Crippen LogP contribution in [0, 0.1) is 11.8 Å². The summed E-state index contributed by atoms with van der Waals surface area (Å²) in [5.74, 6) is 0.748. The summed E-state index contributed by atoms with van der Waals surface area (Å²) in [6.07, 6.45) is 10.8.